The van der Waals surface area contributed by atoms with Gasteiger partial charge in [-0.1, -0.05) is 21.1 Å². The lowest BCUT2D eigenvalue weighted by molar-refractivity contribution is 0.0951. The summed E-state index contributed by atoms with van der Waals surface area (Å²) in [6.45, 7) is 3.09. The number of benzene rings is 1. The van der Waals surface area contributed by atoms with Crippen LogP contribution < -0.4 is 5.32 Å². The molecule has 0 saturated heterocycles. The van der Waals surface area contributed by atoms with Crippen LogP contribution in [0.5, 0.6) is 0 Å². The first-order valence-corrected chi connectivity index (χ1v) is 6.34. The summed E-state index contributed by atoms with van der Waals surface area (Å²) in [6.07, 6.45) is 3.37. The molecule has 5 nitrogen and oxygen atoms in total. The van der Waals surface area contributed by atoms with Gasteiger partial charge in [-0.25, -0.2) is 0 Å². The van der Waals surface area contributed by atoms with Crippen molar-refractivity contribution in [3.05, 3.63) is 46.2 Å². The molecule has 1 N–H and O–H groups in total. The quantitative estimate of drug-likeness (QED) is 0.936. The van der Waals surface area contributed by atoms with Gasteiger partial charge >= 0.3 is 0 Å². The minimum atomic E-state index is -0.0780. The van der Waals surface area contributed by atoms with Crippen molar-refractivity contribution < 1.29 is 4.79 Å². The molecule has 0 aliphatic carbocycles. The summed E-state index contributed by atoms with van der Waals surface area (Å²) in [5.41, 5.74) is 1.70. The molecule has 1 aromatic heterocycles. The van der Waals surface area contributed by atoms with Gasteiger partial charge in [-0.2, -0.15) is 0 Å². The lowest BCUT2D eigenvalue weighted by Crippen LogP contribution is -2.27. The van der Waals surface area contributed by atoms with Gasteiger partial charge < -0.3 is 5.32 Å². The van der Waals surface area contributed by atoms with E-state index in [1.54, 1.807) is 23.1 Å². The van der Waals surface area contributed by atoms with Crippen molar-refractivity contribution in [3.63, 3.8) is 0 Å². The highest BCUT2D eigenvalue weighted by molar-refractivity contribution is 9.10. The van der Waals surface area contributed by atoms with Crippen molar-refractivity contribution in [1.82, 2.24) is 20.3 Å². The van der Waals surface area contributed by atoms with Crippen LogP contribution >= 0.6 is 15.9 Å². The SMILES string of the molecule is Cc1cc(C(=O)NCCn2ccnn2)ccc1Br. The Morgan fingerprint density at radius 3 is 3.00 bits per heavy atom. The number of nitrogens with one attached hydrogen (secondary N) is 1. The van der Waals surface area contributed by atoms with Crippen LogP contribution in [0, 0.1) is 6.92 Å². The molecular weight excluding hydrogens is 296 g/mol. The Kier molecular flexibility index (Phi) is 4.09. The molecule has 0 fully saturated rings. The zero-order valence-corrected chi connectivity index (χ0v) is 11.5. The molecule has 94 valence electrons. The Morgan fingerprint density at radius 1 is 1.50 bits per heavy atom. The van der Waals surface area contributed by atoms with Gasteiger partial charge in [0.05, 0.1) is 12.7 Å². The number of carbonyl (C=O) groups excluding carboxylic acids is 1. The molecule has 1 aromatic carbocycles. The van der Waals surface area contributed by atoms with E-state index in [4.69, 9.17) is 0 Å². The van der Waals surface area contributed by atoms with E-state index in [1.807, 2.05) is 19.1 Å². The third kappa shape index (κ3) is 3.16. The highest BCUT2D eigenvalue weighted by Gasteiger charge is 2.06. The fraction of sp³-hybridized carbons (Fsp3) is 0.250. The van der Waals surface area contributed by atoms with Crippen molar-refractivity contribution >= 4 is 21.8 Å². The molecule has 0 unspecified atom stereocenters. The van der Waals surface area contributed by atoms with Crippen LogP contribution in [0.25, 0.3) is 0 Å². The van der Waals surface area contributed by atoms with Gasteiger partial charge in [0.25, 0.3) is 5.91 Å². The average molecular weight is 309 g/mol. The summed E-state index contributed by atoms with van der Waals surface area (Å²) in [6, 6.07) is 5.53. The summed E-state index contributed by atoms with van der Waals surface area (Å²) in [5, 5.41) is 10.4. The molecule has 2 aromatic rings. The van der Waals surface area contributed by atoms with E-state index in [9.17, 15) is 4.79 Å². The second-order valence-corrected chi connectivity index (χ2v) is 4.74. The minimum absolute atomic E-state index is 0.0780. The fourth-order valence-corrected chi connectivity index (χ4v) is 1.77. The predicted molar refractivity (Wildman–Crippen MR) is 71.2 cm³/mol. The van der Waals surface area contributed by atoms with E-state index in [0.717, 1.165) is 10.0 Å². The summed E-state index contributed by atoms with van der Waals surface area (Å²) >= 11 is 3.41. The van der Waals surface area contributed by atoms with Crippen molar-refractivity contribution in [3.8, 4) is 0 Å². The number of aryl methyl sites for hydroxylation is 1. The number of halogens is 1. The molecule has 6 heteroatoms. The summed E-state index contributed by atoms with van der Waals surface area (Å²) in [5.74, 6) is -0.0780. The molecule has 0 spiro atoms. The standard InChI is InChI=1S/C12H13BrN4O/c1-9-8-10(2-3-11(9)13)12(18)14-4-6-17-7-5-15-16-17/h2-3,5,7-8H,4,6H2,1H3,(H,14,18). The minimum Gasteiger partial charge on any atom is -0.350 e. The lowest BCUT2D eigenvalue weighted by Gasteiger charge is -2.06. The van der Waals surface area contributed by atoms with E-state index < -0.39 is 0 Å². The van der Waals surface area contributed by atoms with Crippen LogP contribution in [-0.2, 0) is 6.54 Å². The Labute approximate surface area is 113 Å². The largest absolute Gasteiger partial charge is 0.350 e. The maximum absolute atomic E-state index is 11.9. The molecular formula is C12H13BrN4O. The number of nitrogens with zero attached hydrogens (tertiary/aromatic N) is 3. The van der Waals surface area contributed by atoms with Gasteiger partial charge in [-0.15, -0.1) is 5.10 Å². The van der Waals surface area contributed by atoms with Crippen LogP contribution in [-0.4, -0.2) is 27.4 Å². The van der Waals surface area contributed by atoms with E-state index in [2.05, 4.69) is 31.6 Å². The van der Waals surface area contributed by atoms with E-state index in [-0.39, 0.29) is 5.91 Å². The molecule has 0 aliphatic heterocycles. The highest BCUT2D eigenvalue weighted by atomic mass is 79.9. The number of aromatic nitrogens is 3. The third-order valence-electron chi connectivity index (χ3n) is 2.52. The first kappa shape index (κ1) is 12.8. The second kappa shape index (κ2) is 5.77. The molecule has 1 amide bonds. The van der Waals surface area contributed by atoms with Gasteiger partial charge in [0, 0.05) is 22.8 Å². The number of carbonyl (C=O) groups is 1. The Morgan fingerprint density at radius 2 is 2.33 bits per heavy atom. The third-order valence-corrected chi connectivity index (χ3v) is 3.41. The summed E-state index contributed by atoms with van der Waals surface area (Å²) in [4.78, 5) is 11.9. The van der Waals surface area contributed by atoms with Crippen molar-refractivity contribution in [2.45, 2.75) is 13.5 Å². The van der Waals surface area contributed by atoms with Crippen molar-refractivity contribution in [1.29, 1.82) is 0 Å². The first-order chi connectivity index (χ1) is 8.66. The molecule has 0 atom stereocenters. The second-order valence-electron chi connectivity index (χ2n) is 3.89. The Bertz CT molecular complexity index is 539. The topological polar surface area (TPSA) is 59.8 Å². The van der Waals surface area contributed by atoms with E-state index in [0.29, 0.717) is 18.7 Å². The van der Waals surface area contributed by atoms with Gasteiger partial charge in [0.2, 0.25) is 0 Å². The van der Waals surface area contributed by atoms with Crippen LogP contribution in [0.3, 0.4) is 0 Å². The lowest BCUT2D eigenvalue weighted by atomic mass is 10.1. The molecule has 0 bridgehead atoms. The average Bonchev–Trinajstić information content (AvgIpc) is 2.85. The van der Waals surface area contributed by atoms with E-state index in [1.165, 1.54) is 0 Å². The summed E-state index contributed by atoms with van der Waals surface area (Å²) < 4.78 is 2.68. The van der Waals surface area contributed by atoms with Gasteiger partial charge in [-0.05, 0) is 30.7 Å². The first-order valence-electron chi connectivity index (χ1n) is 5.55. The molecule has 2 rings (SSSR count). The van der Waals surface area contributed by atoms with Crippen LogP contribution in [0.15, 0.2) is 35.1 Å². The van der Waals surface area contributed by atoms with Crippen LogP contribution in [0.4, 0.5) is 0 Å². The maximum Gasteiger partial charge on any atom is 0.251 e. The Balaban J connectivity index is 1.89. The molecule has 0 radical (unpaired) electrons. The zero-order chi connectivity index (χ0) is 13.0. The molecule has 0 saturated carbocycles. The van der Waals surface area contributed by atoms with Crippen LogP contribution in [0.2, 0.25) is 0 Å². The van der Waals surface area contributed by atoms with Crippen molar-refractivity contribution in [2.75, 3.05) is 6.54 Å². The van der Waals surface area contributed by atoms with Crippen molar-refractivity contribution in [2.24, 2.45) is 0 Å². The normalized spacial score (nSPS) is 10.3. The molecule has 0 aliphatic rings. The monoisotopic (exact) mass is 308 g/mol. The van der Waals surface area contributed by atoms with Gasteiger partial charge in [-0.3, -0.25) is 9.48 Å². The Hall–Kier alpha value is -1.69. The zero-order valence-electron chi connectivity index (χ0n) is 9.93. The predicted octanol–water partition coefficient (Wildman–Crippen LogP) is 1.78. The number of hydrogen-bond acceptors (Lipinski definition) is 3. The summed E-state index contributed by atoms with van der Waals surface area (Å²) in [7, 11) is 0. The highest BCUT2D eigenvalue weighted by Crippen LogP contribution is 2.16. The molecule has 18 heavy (non-hydrogen) atoms. The van der Waals surface area contributed by atoms with E-state index >= 15 is 0 Å². The van der Waals surface area contributed by atoms with Gasteiger partial charge in [0.15, 0.2) is 0 Å². The smallest absolute Gasteiger partial charge is 0.251 e. The number of rotatable bonds is 4. The maximum atomic E-state index is 11.9. The van der Waals surface area contributed by atoms with Crippen LogP contribution in [0.1, 0.15) is 15.9 Å². The number of amides is 1. The fourth-order valence-electron chi connectivity index (χ4n) is 1.52. The number of hydrogen-bond donors (Lipinski definition) is 1. The molecule has 1 heterocycles. The van der Waals surface area contributed by atoms with Gasteiger partial charge in [0.1, 0.15) is 0 Å².